The Hall–Kier alpha value is -2.93. The van der Waals surface area contributed by atoms with Gasteiger partial charge in [0.05, 0.1) is 26.6 Å². The predicted octanol–water partition coefficient (Wildman–Crippen LogP) is 3.95. The third-order valence-corrected chi connectivity index (χ3v) is 9.37. The molecule has 1 fully saturated rings. The molecule has 0 radical (unpaired) electrons. The standard InChI is InChI=1S/C24H28N4O6S2/c1-3-18-6-4-5-13-27(18)36(32,33)20-10-7-17(8-11-20)23(29)25-24-26(14-15-34-2)21-16-19(28(30)31)9-12-22(21)35-24/h7-12,16,18H,3-6,13-15H2,1-2H3. The lowest BCUT2D eigenvalue weighted by molar-refractivity contribution is -0.384. The van der Waals surface area contributed by atoms with E-state index >= 15 is 0 Å². The van der Waals surface area contributed by atoms with Crippen LogP contribution < -0.4 is 4.80 Å². The molecule has 1 aromatic heterocycles. The maximum atomic E-state index is 13.2. The van der Waals surface area contributed by atoms with E-state index in [9.17, 15) is 23.3 Å². The van der Waals surface area contributed by atoms with E-state index in [-0.39, 0.29) is 22.2 Å². The minimum absolute atomic E-state index is 0.00797. The van der Waals surface area contributed by atoms with Crippen molar-refractivity contribution >= 4 is 43.2 Å². The predicted molar refractivity (Wildman–Crippen MR) is 137 cm³/mol. The van der Waals surface area contributed by atoms with Crippen molar-refractivity contribution < 1.29 is 22.9 Å². The number of sulfonamides is 1. The topological polar surface area (TPSA) is 124 Å². The fourth-order valence-electron chi connectivity index (χ4n) is 4.41. The van der Waals surface area contributed by atoms with E-state index in [1.165, 1.54) is 47.7 Å². The van der Waals surface area contributed by atoms with Crippen LogP contribution in [-0.4, -0.2) is 54.4 Å². The highest BCUT2D eigenvalue weighted by Gasteiger charge is 2.32. The summed E-state index contributed by atoms with van der Waals surface area (Å²) in [5.41, 5.74) is 0.785. The number of rotatable bonds is 8. The Kier molecular flexibility index (Phi) is 7.98. The normalized spacial score (nSPS) is 17.5. The number of hydrogen-bond donors (Lipinski definition) is 0. The average Bonchev–Trinajstić information content (AvgIpc) is 3.23. The summed E-state index contributed by atoms with van der Waals surface area (Å²) < 4.78 is 35.6. The SMILES string of the molecule is CCC1CCCCN1S(=O)(=O)c1ccc(C(=O)N=c2sc3ccc([N+](=O)[O-])cc3n2CCOC)cc1. The van der Waals surface area contributed by atoms with Gasteiger partial charge in [-0.15, -0.1) is 0 Å². The number of methoxy groups -OCH3 is 1. The number of ether oxygens (including phenoxy) is 1. The first-order valence-electron chi connectivity index (χ1n) is 11.7. The largest absolute Gasteiger partial charge is 0.383 e. The molecule has 2 heterocycles. The molecule has 1 aliphatic rings. The van der Waals surface area contributed by atoms with E-state index in [0.717, 1.165) is 30.4 Å². The van der Waals surface area contributed by atoms with Crippen LogP contribution in [-0.2, 0) is 21.3 Å². The molecule has 1 saturated heterocycles. The highest BCUT2D eigenvalue weighted by molar-refractivity contribution is 7.89. The summed E-state index contributed by atoms with van der Waals surface area (Å²) in [6.07, 6.45) is 3.48. The monoisotopic (exact) mass is 532 g/mol. The summed E-state index contributed by atoms with van der Waals surface area (Å²) in [7, 11) is -2.11. The number of piperidine rings is 1. The van der Waals surface area contributed by atoms with Gasteiger partial charge in [-0.1, -0.05) is 24.7 Å². The van der Waals surface area contributed by atoms with Crippen LogP contribution in [0.15, 0.2) is 52.4 Å². The molecule has 0 spiro atoms. The van der Waals surface area contributed by atoms with Crippen molar-refractivity contribution in [3.05, 3.63) is 62.9 Å². The maximum absolute atomic E-state index is 13.2. The number of nitrogens with zero attached hydrogens (tertiary/aromatic N) is 4. The number of nitro groups is 1. The number of benzene rings is 2. The molecule has 0 saturated carbocycles. The summed E-state index contributed by atoms with van der Waals surface area (Å²) in [6, 6.07) is 10.3. The van der Waals surface area contributed by atoms with Crippen molar-refractivity contribution in [3.63, 3.8) is 0 Å². The van der Waals surface area contributed by atoms with Crippen LogP contribution in [0.3, 0.4) is 0 Å². The number of carbonyl (C=O) groups excluding carboxylic acids is 1. The van der Waals surface area contributed by atoms with Crippen LogP contribution in [0.25, 0.3) is 10.2 Å². The molecule has 0 aliphatic carbocycles. The fourth-order valence-corrected chi connectivity index (χ4v) is 7.21. The molecule has 1 unspecified atom stereocenters. The summed E-state index contributed by atoms with van der Waals surface area (Å²) in [6.45, 7) is 3.18. The Bertz CT molecular complexity index is 1440. The summed E-state index contributed by atoms with van der Waals surface area (Å²) in [5, 5.41) is 11.2. The number of thiazole rings is 1. The molecule has 2 aromatic carbocycles. The van der Waals surface area contributed by atoms with Gasteiger partial charge in [-0.05, 0) is 49.6 Å². The van der Waals surface area contributed by atoms with Crippen LogP contribution >= 0.6 is 11.3 Å². The first-order valence-corrected chi connectivity index (χ1v) is 14.0. The Morgan fingerprint density at radius 3 is 2.64 bits per heavy atom. The molecule has 36 heavy (non-hydrogen) atoms. The summed E-state index contributed by atoms with van der Waals surface area (Å²) in [4.78, 5) is 28.5. The third kappa shape index (κ3) is 5.26. The van der Waals surface area contributed by atoms with Gasteiger partial charge in [-0.3, -0.25) is 14.9 Å². The van der Waals surface area contributed by atoms with Gasteiger partial charge in [-0.25, -0.2) is 8.42 Å². The summed E-state index contributed by atoms with van der Waals surface area (Å²) >= 11 is 1.24. The lowest BCUT2D eigenvalue weighted by atomic mass is 10.0. The zero-order valence-corrected chi connectivity index (χ0v) is 21.8. The van der Waals surface area contributed by atoms with Crippen LogP contribution in [0.4, 0.5) is 5.69 Å². The van der Waals surface area contributed by atoms with Crippen LogP contribution in [0.5, 0.6) is 0 Å². The van der Waals surface area contributed by atoms with Gasteiger partial charge in [0.15, 0.2) is 4.80 Å². The number of non-ortho nitro benzene ring substituents is 1. The number of carbonyl (C=O) groups is 1. The number of aromatic nitrogens is 1. The molecule has 192 valence electrons. The van der Waals surface area contributed by atoms with E-state index in [4.69, 9.17) is 4.74 Å². The second kappa shape index (κ2) is 11.0. The molecule has 12 heteroatoms. The van der Waals surface area contributed by atoms with E-state index in [0.29, 0.717) is 30.0 Å². The first kappa shape index (κ1) is 26.1. The second-order valence-corrected chi connectivity index (χ2v) is 11.5. The molecule has 1 atom stereocenters. The Morgan fingerprint density at radius 1 is 1.22 bits per heavy atom. The smallest absolute Gasteiger partial charge is 0.279 e. The van der Waals surface area contributed by atoms with E-state index in [1.807, 2.05) is 6.92 Å². The lowest BCUT2D eigenvalue weighted by Crippen LogP contribution is -2.43. The van der Waals surface area contributed by atoms with Crippen LogP contribution in [0, 0.1) is 10.1 Å². The Balaban J connectivity index is 1.66. The molecule has 4 rings (SSSR count). The summed E-state index contributed by atoms with van der Waals surface area (Å²) in [5.74, 6) is -0.532. The highest BCUT2D eigenvalue weighted by atomic mass is 32.2. The van der Waals surface area contributed by atoms with Gasteiger partial charge in [0.2, 0.25) is 10.0 Å². The zero-order chi connectivity index (χ0) is 25.9. The third-order valence-electron chi connectivity index (χ3n) is 6.34. The van der Waals surface area contributed by atoms with Gasteiger partial charge >= 0.3 is 0 Å². The molecule has 0 bridgehead atoms. The van der Waals surface area contributed by atoms with Gasteiger partial charge in [-0.2, -0.15) is 9.30 Å². The van der Waals surface area contributed by atoms with Gasteiger partial charge < -0.3 is 9.30 Å². The Morgan fingerprint density at radius 2 is 1.97 bits per heavy atom. The number of nitro benzene ring substituents is 1. The first-order chi connectivity index (χ1) is 17.3. The molecule has 1 aliphatic heterocycles. The van der Waals surface area contributed by atoms with Crippen molar-refractivity contribution in [3.8, 4) is 0 Å². The van der Waals surface area contributed by atoms with Crippen LogP contribution in [0.2, 0.25) is 0 Å². The van der Waals surface area contributed by atoms with Gasteiger partial charge in [0.1, 0.15) is 0 Å². The lowest BCUT2D eigenvalue weighted by Gasteiger charge is -2.34. The molecule has 10 nitrogen and oxygen atoms in total. The minimum atomic E-state index is -3.65. The highest BCUT2D eigenvalue weighted by Crippen LogP contribution is 2.27. The maximum Gasteiger partial charge on any atom is 0.279 e. The molecule has 0 N–H and O–H groups in total. The second-order valence-electron chi connectivity index (χ2n) is 8.55. The van der Waals surface area contributed by atoms with E-state index in [2.05, 4.69) is 4.99 Å². The van der Waals surface area contributed by atoms with Gasteiger partial charge in [0, 0.05) is 43.9 Å². The van der Waals surface area contributed by atoms with Crippen molar-refractivity contribution in [2.75, 3.05) is 20.3 Å². The van der Waals surface area contributed by atoms with E-state index < -0.39 is 20.9 Å². The van der Waals surface area contributed by atoms with Crippen LogP contribution in [0.1, 0.15) is 43.0 Å². The number of amides is 1. The number of hydrogen-bond acceptors (Lipinski definition) is 7. The molecular formula is C24H28N4O6S2. The fraction of sp³-hybridized carbons (Fsp3) is 0.417. The zero-order valence-electron chi connectivity index (χ0n) is 20.1. The molecular weight excluding hydrogens is 504 g/mol. The van der Waals surface area contributed by atoms with Crippen molar-refractivity contribution in [2.45, 2.75) is 50.1 Å². The molecule has 3 aromatic rings. The van der Waals surface area contributed by atoms with Crippen molar-refractivity contribution in [2.24, 2.45) is 4.99 Å². The van der Waals surface area contributed by atoms with Crippen molar-refractivity contribution in [1.29, 1.82) is 0 Å². The molecule has 1 amide bonds. The Labute approximate surface area is 213 Å². The minimum Gasteiger partial charge on any atom is -0.383 e. The van der Waals surface area contributed by atoms with Crippen molar-refractivity contribution in [1.82, 2.24) is 8.87 Å². The quantitative estimate of drug-likeness (QED) is 0.320. The number of fused-ring (bicyclic) bond motifs is 1. The van der Waals surface area contributed by atoms with Gasteiger partial charge in [0.25, 0.3) is 11.6 Å². The average molecular weight is 533 g/mol. The van der Waals surface area contributed by atoms with E-state index in [1.54, 1.807) is 22.0 Å².